The smallest absolute Gasteiger partial charge is 0.258 e. The van der Waals surface area contributed by atoms with Crippen LogP contribution in [0.25, 0.3) is 0 Å². The molecule has 2 saturated heterocycles. The van der Waals surface area contributed by atoms with Gasteiger partial charge in [0.25, 0.3) is 0 Å². The van der Waals surface area contributed by atoms with Gasteiger partial charge in [0.2, 0.25) is 0 Å². The van der Waals surface area contributed by atoms with Gasteiger partial charge in [-0.3, -0.25) is 4.18 Å². The zero-order chi connectivity index (χ0) is 6.48. The molecule has 2 aliphatic heterocycles. The average Bonchev–Trinajstić information content (AvgIpc) is 2.43. The monoisotopic (exact) mass is 149 g/mol. The van der Waals surface area contributed by atoms with Gasteiger partial charge >= 0.3 is 10.3 Å². The first kappa shape index (κ1) is 5.64. The highest BCUT2D eigenvalue weighted by Gasteiger charge is 2.47. The van der Waals surface area contributed by atoms with Crippen LogP contribution in [0.2, 0.25) is 0 Å². The predicted molar refractivity (Wildman–Crippen MR) is 30.0 cm³/mol. The van der Waals surface area contributed by atoms with E-state index in [0.717, 1.165) is 6.42 Å². The van der Waals surface area contributed by atoms with Gasteiger partial charge in [0, 0.05) is 12.6 Å². The summed E-state index contributed by atoms with van der Waals surface area (Å²) < 4.78 is 27.3. The van der Waals surface area contributed by atoms with Gasteiger partial charge in [0.1, 0.15) is 0 Å². The first-order valence-electron chi connectivity index (χ1n) is 2.86. The van der Waals surface area contributed by atoms with E-state index in [1.165, 1.54) is 4.31 Å². The van der Waals surface area contributed by atoms with Crippen molar-refractivity contribution in [2.75, 3.05) is 13.2 Å². The Balaban J connectivity index is 2.28. The van der Waals surface area contributed by atoms with Gasteiger partial charge in [0.15, 0.2) is 0 Å². The lowest BCUT2D eigenvalue weighted by atomic mass is 10.3. The Bertz CT molecular complexity index is 222. The fourth-order valence-electron chi connectivity index (χ4n) is 1.03. The van der Waals surface area contributed by atoms with Gasteiger partial charge in [0.05, 0.1) is 6.61 Å². The van der Waals surface area contributed by atoms with E-state index in [4.69, 9.17) is 0 Å². The fourth-order valence-corrected chi connectivity index (χ4v) is 2.29. The SMILES string of the molecule is O=S1(=O)OCC[C@H]2CN21. The van der Waals surface area contributed by atoms with Crippen molar-refractivity contribution < 1.29 is 12.6 Å². The van der Waals surface area contributed by atoms with E-state index in [2.05, 4.69) is 4.18 Å². The summed E-state index contributed by atoms with van der Waals surface area (Å²) in [5, 5.41) is 0. The van der Waals surface area contributed by atoms with Crippen LogP contribution in [0.4, 0.5) is 0 Å². The van der Waals surface area contributed by atoms with Crippen LogP contribution >= 0.6 is 0 Å². The van der Waals surface area contributed by atoms with E-state index in [-0.39, 0.29) is 6.04 Å². The van der Waals surface area contributed by atoms with Crippen molar-refractivity contribution in [2.24, 2.45) is 0 Å². The Morgan fingerprint density at radius 2 is 2.33 bits per heavy atom. The molecule has 2 rings (SSSR count). The maximum absolute atomic E-state index is 10.7. The first-order chi connectivity index (χ1) is 4.20. The third-order valence-corrected chi connectivity index (χ3v) is 3.12. The number of fused-ring (bicyclic) bond motifs is 1. The summed E-state index contributed by atoms with van der Waals surface area (Å²) in [5.74, 6) is 0. The molecule has 5 heteroatoms. The predicted octanol–water partition coefficient (Wildman–Crippen LogP) is -0.664. The molecule has 2 atom stereocenters. The molecule has 0 amide bonds. The quantitative estimate of drug-likeness (QED) is 0.429. The van der Waals surface area contributed by atoms with E-state index in [1.807, 2.05) is 0 Å². The Kier molecular flexibility index (Phi) is 0.924. The molecular weight excluding hydrogens is 142 g/mol. The summed E-state index contributed by atoms with van der Waals surface area (Å²) in [5.41, 5.74) is 0. The molecule has 52 valence electrons. The van der Waals surface area contributed by atoms with E-state index >= 15 is 0 Å². The zero-order valence-corrected chi connectivity index (χ0v) is 5.60. The van der Waals surface area contributed by atoms with Gasteiger partial charge in [-0.15, -0.1) is 0 Å². The van der Waals surface area contributed by atoms with Crippen LogP contribution < -0.4 is 0 Å². The van der Waals surface area contributed by atoms with Crippen LogP contribution in [-0.4, -0.2) is 31.9 Å². The first-order valence-corrected chi connectivity index (χ1v) is 4.23. The largest absolute Gasteiger partial charge is 0.338 e. The second-order valence-electron chi connectivity index (χ2n) is 2.29. The second kappa shape index (κ2) is 1.47. The van der Waals surface area contributed by atoms with Crippen molar-refractivity contribution in [3.8, 4) is 0 Å². The minimum absolute atomic E-state index is 0.267. The van der Waals surface area contributed by atoms with Gasteiger partial charge in [-0.1, -0.05) is 0 Å². The molecule has 0 aliphatic carbocycles. The Hall–Kier alpha value is -0.130. The van der Waals surface area contributed by atoms with Crippen LogP contribution in [0.1, 0.15) is 6.42 Å². The Morgan fingerprint density at radius 3 is 2.89 bits per heavy atom. The highest BCUT2D eigenvalue weighted by atomic mass is 32.2. The lowest BCUT2D eigenvalue weighted by molar-refractivity contribution is 0.266. The molecule has 4 nitrogen and oxygen atoms in total. The van der Waals surface area contributed by atoms with E-state index < -0.39 is 10.3 Å². The van der Waals surface area contributed by atoms with Gasteiger partial charge in [-0.2, -0.15) is 12.7 Å². The van der Waals surface area contributed by atoms with E-state index in [1.54, 1.807) is 0 Å². The van der Waals surface area contributed by atoms with Crippen molar-refractivity contribution in [3.63, 3.8) is 0 Å². The van der Waals surface area contributed by atoms with Crippen molar-refractivity contribution in [3.05, 3.63) is 0 Å². The standard InChI is InChI=1S/C4H7NO3S/c6-9(7)5-3-4(5)1-2-8-9/h4H,1-3H2/t4-,5?/m0/s1. The van der Waals surface area contributed by atoms with Crippen molar-refractivity contribution in [1.82, 2.24) is 4.31 Å². The lowest BCUT2D eigenvalue weighted by Gasteiger charge is -2.10. The maximum Gasteiger partial charge on any atom is 0.338 e. The molecular formula is C4H7NO3S. The van der Waals surface area contributed by atoms with E-state index in [9.17, 15) is 8.42 Å². The summed E-state index contributed by atoms with van der Waals surface area (Å²) in [4.78, 5) is 0. The minimum atomic E-state index is -3.25. The van der Waals surface area contributed by atoms with Crippen LogP contribution in [0.15, 0.2) is 0 Å². The molecule has 0 radical (unpaired) electrons. The molecule has 0 saturated carbocycles. The Labute approximate surface area is 53.7 Å². The number of rotatable bonds is 0. The molecule has 2 heterocycles. The summed E-state index contributed by atoms with van der Waals surface area (Å²) in [6, 6.07) is 0.267. The number of hydrogen-bond donors (Lipinski definition) is 0. The topological polar surface area (TPSA) is 46.4 Å². The number of nitrogens with zero attached hydrogens (tertiary/aromatic N) is 1. The molecule has 0 N–H and O–H groups in total. The van der Waals surface area contributed by atoms with Gasteiger partial charge in [-0.25, -0.2) is 0 Å². The average molecular weight is 149 g/mol. The summed E-state index contributed by atoms with van der Waals surface area (Å²) in [7, 11) is -3.25. The normalized spacial score (nSPS) is 45.8. The van der Waals surface area contributed by atoms with Crippen molar-refractivity contribution in [1.29, 1.82) is 0 Å². The third kappa shape index (κ3) is 0.762. The highest BCUT2D eigenvalue weighted by molar-refractivity contribution is 7.84. The Morgan fingerprint density at radius 1 is 1.56 bits per heavy atom. The van der Waals surface area contributed by atoms with Crippen LogP contribution in [-0.2, 0) is 14.5 Å². The highest BCUT2D eigenvalue weighted by Crippen LogP contribution is 2.30. The molecule has 0 aromatic heterocycles. The van der Waals surface area contributed by atoms with Crippen molar-refractivity contribution in [2.45, 2.75) is 12.5 Å². The van der Waals surface area contributed by atoms with Crippen LogP contribution in [0.5, 0.6) is 0 Å². The molecule has 0 aromatic rings. The number of hydrogen-bond acceptors (Lipinski definition) is 3. The van der Waals surface area contributed by atoms with Gasteiger partial charge < -0.3 is 0 Å². The van der Waals surface area contributed by atoms with Crippen LogP contribution in [0.3, 0.4) is 0 Å². The zero-order valence-electron chi connectivity index (χ0n) is 4.78. The molecule has 2 aliphatic rings. The summed E-state index contributed by atoms with van der Waals surface area (Å²) in [6.07, 6.45) is 0.860. The molecule has 2 fully saturated rings. The van der Waals surface area contributed by atoms with Crippen molar-refractivity contribution >= 4 is 10.3 Å². The molecule has 0 spiro atoms. The molecule has 1 unspecified atom stereocenters. The maximum atomic E-state index is 10.7. The van der Waals surface area contributed by atoms with Crippen LogP contribution in [0, 0.1) is 0 Å². The third-order valence-electron chi connectivity index (χ3n) is 1.63. The summed E-state index contributed by atoms with van der Waals surface area (Å²) in [6.45, 7) is 1.03. The fraction of sp³-hybridized carbons (Fsp3) is 1.00. The summed E-state index contributed by atoms with van der Waals surface area (Å²) >= 11 is 0. The van der Waals surface area contributed by atoms with Gasteiger partial charge in [-0.05, 0) is 6.42 Å². The lowest BCUT2D eigenvalue weighted by Crippen LogP contribution is -2.23. The second-order valence-corrected chi connectivity index (χ2v) is 3.85. The molecule has 0 bridgehead atoms. The minimum Gasteiger partial charge on any atom is -0.258 e. The molecule has 9 heavy (non-hydrogen) atoms. The van der Waals surface area contributed by atoms with E-state index in [0.29, 0.717) is 13.2 Å². The molecule has 0 aromatic carbocycles.